The zero-order valence-corrected chi connectivity index (χ0v) is 16.0. The number of nitrogens with zero attached hydrogens (tertiary/aromatic N) is 2. The number of benzene rings is 1. The smallest absolute Gasteiger partial charge is 0.241 e. The van der Waals surface area contributed by atoms with Crippen molar-refractivity contribution in [2.24, 2.45) is 0 Å². The van der Waals surface area contributed by atoms with Crippen LogP contribution < -0.4 is 10.6 Å². The molecule has 0 saturated carbocycles. The van der Waals surface area contributed by atoms with E-state index in [9.17, 15) is 9.59 Å². The van der Waals surface area contributed by atoms with Crippen LogP contribution in [0.4, 0.5) is 5.69 Å². The van der Waals surface area contributed by atoms with Gasteiger partial charge in [-0.05, 0) is 38.0 Å². The minimum absolute atomic E-state index is 0.0101. The molecule has 0 spiro atoms. The van der Waals surface area contributed by atoms with E-state index in [4.69, 9.17) is 0 Å². The van der Waals surface area contributed by atoms with Gasteiger partial charge < -0.3 is 10.6 Å². The summed E-state index contributed by atoms with van der Waals surface area (Å²) >= 11 is 0. The third kappa shape index (κ3) is 5.68. The average Bonchev–Trinajstić information content (AvgIpc) is 2.63. The van der Waals surface area contributed by atoms with Crippen molar-refractivity contribution in [1.29, 1.82) is 0 Å². The van der Waals surface area contributed by atoms with Crippen molar-refractivity contribution in [1.82, 2.24) is 15.1 Å². The van der Waals surface area contributed by atoms with Gasteiger partial charge in [0.1, 0.15) is 0 Å². The van der Waals surface area contributed by atoms with Crippen LogP contribution in [0.3, 0.4) is 0 Å². The van der Waals surface area contributed by atoms with Gasteiger partial charge in [-0.1, -0.05) is 18.2 Å². The van der Waals surface area contributed by atoms with E-state index in [0.29, 0.717) is 13.1 Å². The molecule has 6 nitrogen and oxygen atoms in total. The summed E-state index contributed by atoms with van der Waals surface area (Å²) in [6.45, 7) is 13.5. The molecule has 0 aliphatic carbocycles. The first-order valence-corrected chi connectivity index (χ1v) is 9.13. The Morgan fingerprint density at radius 3 is 2.58 bits per heavy atom. The lowest BCUT2D eigenvalue weighted by molar-refractivity contribution is -0.124. The van der Waals surface area contributed by atoms with Crippen molar-refractivity contribution in [2.75, 3.05) is 44.6 Å². The van der Waals surface area contributed by atoms with E-state index in [-0.39, 0.29) is 17.9 Å². The molecule has 1 aliphatic heterocycles. The summed E-state index contributed by atoms with van der Waals surface area (Å²) in [7, 11) is 0. The molecule has 0 radical (unpaired) electrons. The number of carbonyl (C=O) groups is 2. The SMILES string of the molecule is C=CCNC(=O)CN1CCN(C(C)C(=O)Nc2cc(C)ccc2C)CC1. The first-order valence-electron chi connectivity index (χ1n) is 9.13. The fourth-order valence-corrected chi connectivity index (χ4v) is 3.03. The normalized spacial score (nSPS) is 16.7. The van der Waals surface area contributed by atoms with Gasteiger partial charge in [0.05, 0.1) is 12.6 Å². The summed E-state index contributed by atoms with van der Waals surface area (Å²) in [6.07, 6.45) is 1.67. The Morgan fingerprint density at radius 2 is 1.92 bits per heavy atom. The van der Waals surface area contributed by atoms with E-state index >= 15 is 0 Å². The summed E-state index contributed by atoms with van der Waals surface area (Å²) < 4.78 is 0. The summed E-state index contributed by atoms with van der Waals surface area (Å²) in [5, 5.41) is 5.84. The number of carbonyl (C=O) groups excluding carboxylic acids is 2. The van der Waals surface area contributed by atoms with E-state index in [2.05, 4.69) is 27.0 Å². The van der Waals surface area contributed by atoms with Crippen LogP contribution in [0.1, 0.15) is 18.1 Å². The molecule has 0 aromatic heterocycles. The highest BCUT2D eigenvalue weighted by atomic mass is 16.2. The second-order valence-electron chi connectivity index (χ2n) is 6.89. The van der Waals surface area contributed by atoms with Crippen molar-refractivity contribution in [3.63, 3.8) is 0 Å². The van der Waals surface area contributed by atoms with Gasteiger partial charge in [-0.15, -0.1) is 6.58 Å². The lowest BCUT2D eigenvalue weighted by Gasteiger charge is -2.37. The van der Waals surface area contributed by atoms with Gasteiger partial charge >= 0.3 is 0 Å². The predicted molar refractivity (Wildman–Crippen MR) is 105 cm³/mol. The summed E-state index contributed by atoms with van der Waals surface area (Å²) in [5.41, 5.74) is 3.06. The molecule has 1 aromatic rings. The van der Waals surface area contributed by atoms with Crippen LogP contribution in [0.25, 0.3) is 0 Å². The average molecular weight is 358 g/mol. The molecule has 2 N–H and O–H groups in total. The monoisotopic (exact) mass is 358 g/mol. The Balaban J connectivity index is 1.82. The number of amides is 2. The number of aryl methyl sites for hydroxylation is 2. The van der Waals surface area contributed by atoms with Gasteiger partial charge in [0.2, 0.25) is 11.8 Å². The lowest BCUT2D eigenvalue weighted by atomic mass is 10.1. The van der Waals surface area contributed by atoms with E-state index in [1.54, 1.807) is 6.08 Å². The Kier molecular flexibility index (Phi) is 7.36. The first-order chi connectivity index (χ1) is 12.4. The zero-order chi connectivity index (χ0) is 19.1. The molecule has 26 heavy (non-hydrogen) atoms. The summed E-state index contributed by atoms with van der Waals surface area (Å²) in [6, 6.07) is 5.86. The van der Waals surface area contributed by atoms with Crippen LogP contribution in [-0.4, -0.2) is 66.9 Å². The second kappa shape index (κ2) is 9.50. The van der Waals surface area contributed by atoms with Crippen LogP contribution in [-0.2, 0) is 9.59 Å². The van der Waals surface area contributed by atoms with Gasteiger partial charge in [0, 0.05) is 38.4 Å². The maximum absolute atomic E-state index is 12.6. The van der Waals surface area contributed by atoms with Crippen molar-refractivity contribution < 1.29 is 9.59 Å². The summed E-state index contributed by atoms with van der Waals surface area (Å²) in [5.74, 6) is 0.0231. The van der Waals surface area contributed by atoms with Crippen LogP contribution in [0.15, 0.2) is 30.9 Å². The Labute approximate surface area is 156 Å². The van der Waals surface area contributed by atoms with Gasteiger partial charge in [0.15, 0.2) is 0 Å². The molecule has 6 heteroatoms. The molecular formula is C20H30N4O2. The minimum Gasteiger partial charge on any atom is -0.352 e. The van der Waals surface area contributed by atoms with Crippen molar-refractivity contribution in [3.8, 4) is 0 Å². The molecule has 1 atom stereocenters. The molecule has 1 heterocycles. The Bertz CT molecular complexity index is 651. The fraction of sp³-hybridized carbons (Fsp3) is 0.500. The van der Waals surface area contributed by atoms with Gasteiger partial charge in [-0.3, -0.25) is 19.4 Å². The Morgan fingerprint density at radius 1 is 1.23 bits per heavy atom. The third-order valence-electron chi connectivity index (χ3n) is 4.80. The number of hydrogen-bond acceptors (Lipinski definition) is 4. The lowest BCUT2D eigenvalue weighted by Crippen LogP contribution is -2.54. The van der Waals surface area contributed by atoms with Crippen LogP contribution in [0, 0.1) is 13.8 Å². The second-order valence-corrected chi connectivity index (χ2v) is 6.89. The molecule has 2 amide bonds. The zero-order valence-electron chi connectivity index (χ0n) is 16.0. The van der Waals surface area contributed by atoms with E-state index < -0.39 is 0 Å². The fourth-order valence-electron chi connectivity index (χ4n) is 3.03. The maximum Gasteiger partial charge on any atom is 0.241 e. The minimum atomic E-state index is -0.202. The van der Waals surface area contributed by atoms with Crippen LogP contribution in [0.5, 0.6) is 0 Å². The molecule has 1 saturated heterocycles. The van der Waals surface area contributed by atoms with Crippen molar-refractivity contribution in [3.05, 3.63) is 42.0 Å². The third-order valence-corrected chi connectivity index (χ3v) is 4.80. The van der Waals surface area contributed by atoms with E-state index in [1.807, 2.05) is 39.0 Å². The standard InChI is InChI=1S/C20H30N4O2/c1-5-8-21-19(25)14-23-9-11-24(12-10-23)17(4)20(26)22-18-13-15(2)6-7-16(18)3/h5-7,13,17H,1,8-12,14H2,2-4H3,(H,21,25)(H,22,26). The molecule has 1 aromatic carbocycles. The maximum atomic E-state index is 12.6. The number of piperazine rings is 1. The highest BCUT2D eigenvalue weighted by Crippen LogP contribution is 2.17. The van der Waals surface area contributed by atoms with Gasteiger partial charge in [-0.25, -0.2) is 0 Å². The number of hydrogen-bond donors (Lipinski definition) is 2. The first kappa shape index (κ1) is 20.1. The highest BCUT2D eigenvalue weighted by Gasteiger charge is 2.26. The van der Waals surface area contributed by atoms with Gasteiger partial charge in [-0.2, -0.15) is 0 Å². The van der Waals surface area contributed by atoms with Crippen molar-refractivity contribution in [2.45, 2.75) is 26.8 Å². The molecule has 1 fully saturated rings. The number of anilines is 1. The number of rotatable bonds is 7. The molecule has 142 valence electrons. The largest absolute Gasteiger partial charge is 0.352 e. The predicted octanol–water partition coefficient (Wildman–Crippen LogP) is 1.55. The van der Waals surface area contributed by atoms with Gasteiger partial charge in [0.25, 0.3) is 0 Å². The van der Waals surface area contributed by atoms with E-state index in [0.717, 1.165) is 43.0 Å². The van der Waals surface area contributed by atoms with E-state index in [1.165, 1.54) is 0 Å². The quantitative estimate of drug-likeness (QED) is 0.726. The van der Waals surface area contributed by atoms with Crippen LogP contribution in [0.2, 0.25) is 0 Å². The molecule has 0 bridgehead atoms. The molecule has 1 unspecified atom stereocenters. The van der Waals surface area contributed by atoms with Crippen molar-refractivity contribution >= 4 is 17.5 Å². The molecule has 1 aliphatic rings. The number of nitrogens with one attached hydrogen (secondary N) is 2. The highest BCUT2D eigenvalue weighted by molar-refractivity contribution is 5.95. The summed E-state index contributed by atoms with van der Waals surface area (Å²) in [4.78, 5) is 28.7. The topological polar surface area (TPSA) is 64.7 Å². The molecule has 2 rings (SSSR count). The Hall–Kier alpha value is -2.18. The molecular weight excluding hydrogens is 328 g/mol. The van der Waals surface area contributed by atoms with Crippen LogP contribution >= 0.6 is 0 Å².